The molecule has 0 radical (unpaired) electrons. The highest BCUT2D eigenvalue weighted by molar-refractivity contribution is 7.92. The number of carbonyl (C=O) groups excluding carboxylic acids is 2. The number of sulfonamides is 1. The third kappa shape index (κ3) is 6.27. The lowest BCUT2D eigenvalue weighted by Gasteiger charge is -2.29. The van der Waals surface area contributed by atoms with Crippen molar-refractivity contribution in [2.75, 3.05) is 24.7 Å². The summed E-state index contributed by atoms with van der Waals surface area (Å²) in [6.07, 6.45) is -0.0502. The maximum Gasteiger partial charge on any atom is 0.343 e. The fourth-order valence-corrected chi connectivity index (χ4v) is 5.85. The molecule has 4 aromatic carbocycles. The van der Waals surface area contributed by atoms with Gasteiger partial charge >= 0.3 is 11.9 Å². The summed E-state index contributed by atoms with van der Waals surface area (Å²) in [7, 11) is -2.40. The van der Waals surface area contributed by atoms with E-state index >= 15 is 0 Å². The maximum atomic E-state index is 13.9. The predicted molar refractivity (Wildman–Crippen MR) is 169 cm³/mol. The van der Waals surface area contributed by atoms with Gasteiger partial charge < -0.3 is 18.6 Å². The van der Waals surface area contributed by atoms with Crippen molar-refractivity contribution in [1.82, 2.24) is 0 Å². The molecular formula is C34H32FNO8S. The Balaban J connectivity index is 1.63. The zero-order valence-electron chi connectivity index (χ0n) is 25.3. The molecule has 5 rings (SSSR count). The molecule has 0 amide bonds. The fourth-order valence-electron chi connectivity index (χ4n) is 5.28. The molecule has 234 valence electrons. The van der Waals surface area contributed by atoms with Crippen LogP contribution in [0.5, 0.6) is 0 Å². The number of fused-ring (bicyclic) bond motifs is 2. The highest BCUT2D eigenvalue weighted by Gasteiger charge is 2.40. The van der Waals surface area contributed by atoms with E-state index in [9.17, 15) is 22.4 Å². The second-order valence-electron chi connectivity index (χ2n) is 10.7. The van der Waals surface area contributed by atoms with Gasteiger partial charge in [0, 0.05) is 35.3 Å². The third-order valence-electron chi connectivity index (χ3n) is 7.56. The first-order valence-corrected chi connectivity index (χ1v) is 16.0. The van der Waals surface area contributed by atoms with Gasteiger partial charge in [0.15, 0.2) is 5.60 Å². The Morgan fingerprint density at radius 3 is 2.36 bits per heavy atom. The molecule has 0 aliphatic carbocycles. The number of halogens is 1. The standard InChI is InChI=1S/C34H32FNO8S/c1-6-42-32(37)30-26-18-25(28(36-45(5,39)40)19-29(26)44-31(30)22-14-16-23(35)17-15-22)20(2)43-33(38)34(3,41-4)27-13-9-11-21-10-7-8-12-24(21)27/h7-20,36H,6H2,1-5H3/t20-,34-/m1/s1. The molecule has 2 atom stereocenters. The molecule has 0 aliphatic heterocycles. The quantitative estimate of drug-likeness (QED) is 0.162. The first kappa shape index (κ1) is 31.7. The number of nitrogens with one attached hydrogen (secondary N) is 1. The zero-order chi connectivity index (χ0) is 32.5. The van der Waals surface area contributed by atoms with Crippen LogP contribution in [-0.4, -0.2) is 40.3 Å². The summed E-state index contributed by atoms with van der Waals surface area (Å²) in [5.41, 5.74) is 0.00308. The van der Waals surface area contributed by atoms with Gasteiger partial charge in [-0.05, 0) is 61.9 Å². The Kier molecular flexibility index (Phi) is 8.68. The highest BCUT2D eigenvalue weighted by Crippen LogP contribution is 2.41. The van der Waals surface area contributed by atoms with Gasteiger partial charge in [0.25, 0.3) is 0 Å². The molecule has 0 fully saturated rings. The molecule has 0 unspecified atom stereocenters. The topological polar surface area (TPSA) is 121 Å². The average molecular weight is 634 g/mol. The minimum atomic E-state index is -3.81. The number of furan rings is 1. The van der Waals surface area contributed by atoms with Crippen molar-refractivity contribution < 1.29 is 41.0 Å². The van der Waals surface area contributed by atoms with Gasteiger partial charge in [0.05, 0.1) is 18.6 Å². The Labute approximate surface area is 259 Å². The number of hydrogen-bond acceptors (Lipinski definition) is 8. The van der Waals surface area contributed by atoms with Crippen LogP contribution >= 0.6 is 0 Å². The first-order chi connectivity index (χ1) is 21.4. The number of hydrogen-bond donors (Lipinski definition) is 1. The van der Waals surface area contributed by atoms with Gasteiger partial charge in [-0.2, -0.15) is 0 Å². The van der Waals surface area contributed by atoms with Gasteiger partial charge in [-0.15, -0.1) is 0 Å². The molecule has 0 saturated heterocycles. The van der Waals surface area contributed by atoms with E-state index in [-0.39, 0.29) is 40.2 Å². The molecular weight excluding hydrogens is 601 g/mol. The summed E-state index contributed by atoms with van der Waals surface area (Å²) in [6, 6.07) is 21.4. The van der Waals surface area contributed by atoms with Gasteiger partial charge in [0.1, 0.15) is 28.8 Å². The lowest BCUT2D eigenvalue weighted by molar-refractivity contribution is -0.173. The van der Waals surface area contributed by atoms with E-state index in [4.69, 9.17) is 18.6 Å². The van der Waals surface area contributed by atoms with Crippen LogP contribution in [0, 0.1) is 5.82 Å². The van der Waals surface area contributed by atoms with Crippen molar-refractivity contribution in [2.45, 2.75) is 32.5 Å². The SMILES string of the molecule is CCOC(=O)c1c(-c2ccc(F)cc2)oc2cc(NS(C)(=O)=O)c([C@@H](C)OC(=O)[C@](C)(OC)c3cccc4ccccc34)cc12. The number of benzene rings is 4. The molecule has 5 aromatic rings. The van der Waals surface area contributed by atoms with Crippen LogP contribution in [0.4, 0.5) is 10.1 Å². The number of ether oxygens (including phenoxy) is 3. The van der Waals surface area contributed by atoms with Crippen LogP contribution in [-0.2, 0) is 34.6 Å². The molecule has 1 heterocycles. The number of anilines is 1. The first-order valence-electron chi connectivity index (χ1n) is 14.1. The molecule has 0 bridgehead atoms. The maximum absolute atomic E-state index is 13.9. The van der Waals surface area contributed by atoms with E-state index in [0.717, 1.165) is 17.0 Å². The van der Waals surface area contributed by atoms with Crippen molar-refractivity contribution in [3.8, 4) is 11.3 Å². The van der Waals surface area contributed by atoms with E-state index in [1.807, 2.05) is 36.4 Å². The Morgan fingerprint density at radius 2 is 1.69 bits per heavy atom. The number of carbonyl (C=O) groups is 2. The Morgan fingerprint density at radius 1 is 1.00 bits per heavy atom. The van der Waals surface area contributed by atoms with Crippen molar-refractivity contribution in [3.05, 3.63) is 101 Å². The number of methoxy groups -OCH3 is 1. The monoisotopic (exact) mass is 633 g/mol. The molecule has 9 nitrogen and oxygen atoms in total. The predicted octanol–water partition coefficient (Wildman–Crippen LogP) is 7.11. The summed E-state index contributed by atoms with van der Waals surface area (Å²) in [6.45, 7) is 4.91. The van der Waals surface area contributed by atoms with Crippen LogP contribution in [0.2, 0.25) is 0 Å². The second kappa shape index (κ2) is 12.3. The second-order valence-corrected chi connectivity index (χ2v) is 12.4. The Bertz CT molecular complexity index is 2010. The lowest BCUT2D eigenvalue weighted by Crippen LogP contribution is -2.37. The minimum absolute atomic E-state index is 0.0571. The van der Waals surface area contributed by atoms with Crippen LogP contribution in [0.1, 0.15) is 48.4 Å². The lowest BCUT2D eigenvalue weighted by atomic mass is 9.90. The number of rotatable bonds is 10. The minimum Gasteiger partial charge on any atom is -0.462 e. The van der Waals surface area contributed by atoms with E-state index in [0.29, 0.717) is 11.1 Å². The molecule has 0 spiro atoms. The van der Waals surface area contributed by atoms with Crippen molar-refractivity contribution in [3.63, 3.8) is 0 Å². The largest absolute Gasteiger partial charge is 0.462 e. The summed E-state index contributed by atoms with van der Waals surface area (Å²) in [5, 5.41) is 2.00. The summed E-state index contributed by atoms with van der Waals surface area (Å²) in [4.78, 5) is 27.1. The van der Waals surface area contributed by atoms with Crippen molar-refractivity contribution in [1.29, 1.82) is 0 Å². The summed E-state index contributed by atoms with van der Waals surface area (Å²) < 4.78 is 64.0. The molecule has 1 aromatic heterocycles. The summed E-state index contributed by atoms with van der Waals surface area (Å²) in [5.74, 6) is -1.78. The van der Waals surface area contributed by atoms with E-state index in [1.165, 1.54) is 43.5 Å². The van der Waals surface area contributed by atoms with Crippen LogP contribution < -0.4 is 4.72 Å². The smallest absolute Gasteiger partial charge is 0.343 e. The summed E-state index contributed by atoms with van der Waals surface area (Å²) >= 11 is 0. The zero-order valence-corrected chi connectivity index (χ0v) is 26.2. The van der Waals surface area contributed by atoms with Gasteiger partial charge in [-0.25, -0.2) is 22.4 Å². The van der Waals surface area contributed by atoms with Gasteiger partial charge in [-0.3, -0.25) is 4.72 Å². The van der Waals surface area contributed by atoms with Crippen LogP contribution in [0.25, 0.3) is 33.1 Å². The van der Waals surface area contributed by atoms with Crippen molar-refractivity contribution >= 4 is 49.4 Å². The normalized spacial score (nSPS) is 13.7. The Hall–Kier alpha value is -4.74. The van der Waals surface area contributed by atoms with E-state index in [2.05, 4.69) is 4.72 Å². The fraction of sp³-hybridized carbons (Fsp3) is 0.235. The van der Waals surface area contributed by atoms with Crippen LogP contribution in [0.15, 0.2) is 83.3 Å². The van der Waals surface area contributed by atoms with Crippen LogP contribution in [0.3, 0.4) is 0 Å². The molecule has 0 aliphatic rings. The molecule has 0 saturated carbocycles. The third-order valence-corrected chi connectivity index (χ3v) is 8.16. The molecule has 11 heteroatoms. The van der Waals surface area contributed by atoms with Crippen molar-refractivity contribution in [2.24, 2.45) is 0 Å². The van der Waals surface area contributed by atoms with E-state index in [1.54, 1.807) is 26.8 Å². The average Bonchev–Trinajstić information content (AvgIpc) is 3.38. The number of esters is 2. The van der Waals surface area contributed by atoms with Gasteiger partial charge in [-0.1, -0.05) is 42.5 Å². The van der Waals surface area contributed by atoms with E-state index < -0.39 is 39.5 Å². The molecule has 45 heavy (non-hydrogen) atoms. The highest BCUT2D eigenvalue weighted by atomic mass is 32.2. The molecule has 1 N–H and O–H groups in total. The van der Waals surface area contributed by atoms with Gasteiger partial charge in [0.2, 0.25) is 10.0 Å².